The molecule has 78 valence electrons. The zero-order valence-corrected chi connectivity index (χ0v) is 8.40. The van der Waals surface area contributed by atoms with Crippen LogP contribution in [0.5, 0.6) is 0 Å². The molecule has 2 aromatic heterocycles. The van der Waals surface area contributed by atoms with Gasteiger partial charge >= 0.3 is 0 Å². The molecule has 2 heterocycles. The van der Waals surface area contributed by atoms with E-state index in [1.807, 2.05) is 19.1 Å². The Balaban J connectivity index is 2.47. The highest BCUT2D eigenvalue weighted by atomic mass is 16.3. The zero-order chi connectivity index (χ0) is 10.7. The van der Waals surface area contributed by atoms with Crippen molar-refractivity contribution in [2.45, 2.75) is 13.3 Å². The van der Waals surface area contributed by atoms with E-state index in [1.54, 1.807) is 12.5 Å². The summed E-state index contributed by atoms with van der Waals surface area (Å²) in [6, 6.07) is 3.64. The molecule has 0 aliphatic heterocycles. The van der Waals surface area contributed by atoms with E-state index in [2.05, 4.69) is 15.4 Å². The van der Waals surface area contributed by atoms with Crippen molar-refractivity contribution in [2.75, 3.05) is 5.43 Å². The van der Waals surface area contributed by atoms with Crippen LogP contribution in [0.4, 0.5) is 5.82 Å². The van der Waals surface area contributed by atoms with Gasteiger partial charge in [-0.05, 0) is 12.5 Å². The van der Waals surface area contributed by atoms with E-state index in [0.717, 1.165) is 17.7 Å². The smallest absolute Gasteiger partial charge is 0.165 e. The van der Waals surface area contributed by atoms with Crippen LogP contribution >= 0.6 is 0 Å². The van der Waals surface area contributed by atoms with Gasteiger partial charge in [0.05, 0.1) is 11.8 Å². The summed E-state index contributed by atoms with van der Waals surface area (Å²) in [6.45, 7) is 2.03. The van der Waals surface area contributed by atoms with Crippen LogP contribution in [-0.2, 0) is 6.42 Å². The zero-order valence-electron chi connectivity index (χ0n) is 8.40. The number of rotatable bonds is 3. The molecule has 0 aromatic carbocycles. The van der Waals surface area contributed by atoms with Gasteiger partial charge in [-0.25, -0.2) is 15.8 Å². The maximum Gasteiger partial charge on any atom is 0.165 e. The van der Waals surface area contributed by atoms with Crippen LogP contribution in [0.3, 0.4) is 0 Å². The standard InChI is InChI=1S/C10H12N4O/c1-2-8-5-9(14-11)13-10(12-8)7-3-4-15-6-7/h3-6H,2,11H2,1H3,(H,12,13,14). The summed E-state index contributed by atoms with van der Waals surface area (Å²) < 4.78 is 4.98. The second-order valence-electron chi connectivity index (χ2n) is 3.08. The molecule has 0 saturated carbocycles. The fourth-order valence-corrected chi connectivity index (χ4v) is 1.27. The highest BCUT2D eigenvalue weighted by Gasteiger charge is 2.06. The summed E-state index contributed by atoms with van der Waals surface area (Å²) in [5, 5.41) is 0. The summed E-state index contributed by atoms with van der Waals surface area (Å²) in [6.07, 6.45) is 4.03. The second-order valence-corrected chi connectivity index (χ2v) is 3.08. The Morgan fingerprint density at radius 3 is 2.93 bits per heavy atom. The van der Waals surface area contributed by atoms with Gasteiger partial charge in [0.2, 0.25) is 0 Å². The minimum atomic E-state index is 0.609. The average molecular weight is 204 g/mol. The van der Waals surface area contributed by atoms with Crippen LogP contribution in [0.25, 0.3) is 11.4 Å². The van der Waals surface area contributed by atoms with Crippen molar-refractivity contribution in [1.29, 1.82) is 0 Å². The number of aromatic nitrogens is 2. The molecule has 5 nitrogen and oxygen atoms in total. The maximum atomic E-state index is 5.33. The number of anilines is 1. The molecular weight excluding hydrogens is 192 g/mol. The van der Waals surface area contributed by atoms with Crippen LogP contribution in [-0.4, -0.2) is 9.97 Å². The van der Waals surface area contributed by atoms with Crippen molar-refractivity contribution in [3.05, 3.63) is 30.4 Å². The van der Waals surface area contributed by atoms with Crippen LogP contribution in [0.15, 0.2) is 29.1 Å². The Labute approximate surface area is 87.3 Å². The lowest BCUT2D eigenvalue weighted by molar-refractivity contribution is 0.568. The molecule has 0 aliphatic carbocycles. The lowest BCUT2D eigenvalue weighted by atomic mass is 10.2. The van der Waals surface area contributed by atoms with E-state index >= 15 is 0 Å². The largest absolute Gasteiger partial charge is 0.472 e. The summed E-state index contributed by atoms with van der Waals surface area (Å²) in [5.41, 5.74) is 4.31. The Morgan fingerprint density at radius 2 is 2.33 bits per heavy atom. The number of furan rings is 1. The number of nitrogen functional groups attached to an aromatic ring is 1. The first-order valence-electron chi connectivity index (χ1n) is 4.70. The first-order chi connectivity index (χ1) is 7.33. The van der Waals surface area contributed by atoms with Crippen molar-refractivity contribution in [3.8, 4) is 11.4 Å². The highest BCUT2D eigenvalue weighted by molar-refractivity contribution is 5.55. The van der Waals surface area contributed by atoms with Gasteiger partial charge < -0.3 is 9.84 Å². The number of hydrogen-bond donors (Lipinski definition) is 2. The summed E-state index contributed by atoms with van der Waals surface area (Å²) in [7, 11) is 0. The molecule has 0 aliphatic rings. The van der Waals surface area contributed by atoms with Gasteiger partial charge in [-0.2, -0.15) is 0 Å². The van der Waals surface area contributed by atoms with Crippen LogP contribution in [0.2, 0.25) is 0 Å². The van der Waals surface area contributed by atoms with Gasteiger partial charge in [0.1, 0.15) is 12.1 Å². The van der Waals surface area contributed by atoms with Crippen molar-refractivity contribution in [1.82, 2.24) is 9.97 Å². The van der Waals surface area contributed by atoms with E-state index in [0.29, 0.717) is 11.6 Å². The van der Waals surface area contributed by atoms with E-state index < -0.39 is 0 Å². The molecular formula is C10H12N4O. The van der Waals surface area contributed by atoms with Crippen molar-refractivity contribution in [3.63, 3.8) is 0 Å². The molecule has 0 fully saturated rings. The Morgan fingerprint density at radius 1 is 1.47 bits per heavy atom. The number of nitrogens with one attached hydrogen (secondary N) is 1. The molecule has 0 amide bonds. The predicted octanol–water partition coefficient (Wildman–Crippen LogP) is 1.58. The predicted molar refractivity (Wildman–Crippen MR) is 56.9 cm³/mol. The van der Waals surface area contributed by atoms with Gasteiger partial charge in [-0.15, -0.1) is 0 Å². The van der Waals surface area contributed by atoms with Crippen molar-refractivity contribution < 1.29 is 4.42 Å². The number of nitrogens with zero attached hydrogens (tertiary/aromatic N) is 2. The van der Waals surface area contributed by atoms with Crippen LogP contribution in [0, 0.1) is 0 Å². The minimum absolute atomic E-state index is 0.609. The SMILES string of the molecule is CCc1cc(NN)nc(-c2ccoc2)n1. The first kappa shape index (κ1) is 9.67. The van der Waals surface area contributed by atoms with Gasteiger partial charge in [0.25, 0.3) is 0 Å². The number of nitrogens with two attached hydrogens (primary N) is 1. The third kappa shape index (κ3) is 1.97. The van der Waals surface area contributed by atoms with Crippen molar-refractivity contribution in [2.24, 2.45) is 5.84 Å². The highest BCUT2D eigenvalue weighted by Crippen LogP contribution is 2.18. The quantitative estimate of drug-likeness (QED) is 0.586. The monoisotopic (exact) mass is 204 g/mol. The Bertz CT molecular complexity index is 416. The third-order valence-corrected chi connectivity index (χ3v) is 2.07. The molecule has 5 heteroatoms. The number of hydrazine groups is 1. The van der Waals surface area contributed by atoms with Gasteiger partial charge in [-0.1, -0.05) is 6.92 Å². The lowest BCUT2D eigenvalue weighted by Crippen LogP contribution is -2.10. The molecule has 0 atom stereocenters. The maximum absolute atomic E-state index is 5.33. The molecule has 2 aromatic rings. The molecule has 3 N–H and O–H groups in total. The minimum Gasteiger partial charge on any atom is -0.472 e. The number of hydrogen-bond acceptors (Lipinski definition) is 5. The molecule has 15 heavy (non-hydrogen) atoms. The average Bonchev–Trinajstić information content (AvgIpc) is 2.81. The topological polar surface area (TPSA) is 77.0 Å². The molecule has 0 radical (unpaired) electrons. The van der Waals surface area contributed by atoms with E-state index in [-0.39, 0.29) is 0 Å². The van der Waals surface area contributed by atoms with Gasteiger partial charge in [-0.3, -0.25) is 0 Å². The molecule has 0 unspecified atom stereocenters. The van der Waals surface area contributed by atoms with Gasteiger partial charge in [0, 0.05) is 11.8 Å². The Hall–Kier alpha value is -1.88. The van der Waals surface area contributed by atoms with Crippen molar-refractivity contribution >= 4 is 5.82 Å². The normalized spacial score (nSPS) is 10.3. The summed E-state index contributed by atoms with van der Waals surface area (Å²) >= 11 is 0. The molecule has 2 rings (SSSR count). The number of aryl methyl sites for hydroxylation is 1. The van der Waals surface area contributed by atoms with Crippen LogP contribution < -0.4 is 11.3 Å². The van der Waals surface area contributed by atoms with Gasteiger partial charge in [0.15, 0.2) is 5.82 Å². The summed E-state index contributed by atoms with van der Waals surface area (Å²) in [4.78, 5) is 8.61. The fourth-order valence-electron chi connectivity index (χ4n) is 1.27. The first-order valence-corrected chi connectivity index (χ1v) is 4.70. The fraction of sp³-hybridized carbons (Fsp3) is 0.200. The molecule has 0 bridgehead atoms. The van der Waals surface area contributed by atoms with E-state index in [1.165, 1.54) is 0 Å². The van der Waals surface area contributed by atoms with E-state index in [9.17, 15) is 0 Å². The lowest BCUT2D eigenvalue weighted by Gasteiger charge is -2.04. The Kier molecular flexibility index (Phi) is 2.64. The molecule has 0 spiro atoms. The third-order valence-electron chi connectivity index (χ3n) is 2.07. The second kappa shape index (κ2) is 4.10. The van der Waals surface area contributed by atoms with E-state index in [4.69, 9.17) is 10.3 Å². The van der Waals surface area contributed by atoms with Crippen LogP contribution in [0.1, 0.15) is 12.6 Å². The summed E-state index contributed by atoms with van der Waals surface area (Å²) in [5.74, 6) is 6.56. The molecule has 0 saturated heterocycles.